The van der Waals surface area contributed by atoms with Crippen LogP contribution in [0.3, 0.4) is 0 Å². The molecule has 0 heterocycles. The lowest BCUT2D eigenvalue weighted by Gasteiger charge is -2.23. The monoisotopic (exact) mass is 623 g/mol. The van der Waals surface area contributed by atoms with Gasteiger partial charge in [-0.3, -0.25) is 9.10 Å². The number of aryl methyl sites for hydroxylation is 1. The number of amides is 1. The summed E-state index contributed by atoms with van der Waals surface area (Å²) in [6.45, 7) is 1.63. The van der Waals surface area contributed by atoms with Crippen molar-refractivity contribution in [2.24, 2.45) is 5.10 Å². The second-order valence-corrected chi connectivity index (χ2v) is 11.4. The molecule has 3 rings (SSSR count). The van der Waals surface area contributed by atoms with E-state index in [-0.39, 0.29) is 5.69 Å². The van der Waals surface area contributed by atoms with Crippen LogP contribution in [0.1, 0.15) is 16.7 Å². The lowest BCUT2D eigenvalue weighted by Crippen LogP contribution is -2.39. The maximum absolute atomic E-state index is 12.6. The highest BCUT2D eigenvalue weighted by Gasteiger charge is 2.24. The first-order valence-electron chi connectivity index (χ1n) is 11.2. The zero-order valence-electron chi connectivity index (χ0n) is 21.2. The van der Waals surface area contributed by atoms with Crippen LogP contribution in [-0.2, 0) is 21.4 Å². The molecule has 0 aliphatic heterocycles. The van der Waals surface area contributed by atoms with Crippen LogP contribution in [0.5, 0.6) is 17.2 Å². The number of nitrogens with zero attached hydrogens (tertiary/aromatic N) is 2. The average Bonchev–Trinajstić information content (AvgIpc) is 2.86. The zero-order chi connectivity index (χ0) is 27.9. The molecule has 0 saturated carbocycles. The molecule has 0 atom stereocenters. The van der Waals surface area contributed by atoms with Crippen molar-refractivity contribution in [1.82, 2.24) is 5.43 Å². The molecule has 3 aromatic rings. The summed E-state index contributed by atoms with van der Waals surface area (Å²) < 4.78 is 43.2. The van der Waals surface area contributed by atoms with Crippen molar-refractivity contribution in [2.45, 2.75) is 13.5 Å². The van der Waals surface area contributed by atoms with Crippen LogP contribution in [0.25, 0.3) is 0 Å². The molecule has 1 amide bonds. The predicted molar refractivity (Wildman–Crippen MR) is 152 cm³/mol. The standard InChI is InChI=1S/C26H27BrClN3O6S/c1-17-5-10-23(35-2)22(11-17)31(38(4,33)34)15-25(32)30-29-14-19-12-21(27)26(24(13-19)36-3)37-16-18-6-8-20(28)9-7-18/h5-14H,15-16H2,1-4H3,(H,30,32)/b29-14-. The van der Waals surface area contributed by atoms with Crippen molar-refractivity contribution in [1.29, 1.82) is 0 Å². The Kier molecular flexibility index (Phi) is 10.0. The molecule has 0 spiro atoms. The Morgan fingerprint density at radius 2 is 1.76 bits per heavy atom. The first kappa shape index (κ1) is 29.3. The molecule has 0 unspecified atom stereocenters. The van der Waals surface area contributed by atoms with E-state index >= 15 is 0 Å². The molecule has 1 N–H and O–H groups in total. The molecular formula is C26H27BrClN3O6S. The Morgan fingerprint density at radius 1 is 1.08 bits per heavy atom. The lowest BCUT2D eigenvalue weighted by molar-refractivity contribution is -0.119. The van der Waals surface area contributed by atoms with Gasteiger partial charge in [0.1, 0.15) is 18.9 Å². The van der Waals surface area contributed by atoms with E-state index < -0.39 is 22.5 Å². The molecule has 9 nitrogen and oxygen atoms in total. The molecule has 12 heteroatoms. The van der Waals surface area contributed by atoms with E-state index in [4.69, 9.17) is 25.8 Å². The Labute approximate surface area is 235 Å². The fraction of sp³-hybridized carbons (Fsp3) is 0.231. The maximum atomic E-state index is 12.6. The Morgan fingerprint density at radius 3 is 2.39 bits per heavy atom. The number of ether oxygens (including phenoxy) is 3. The van der Waals surface area contributed by atoms with E-state index in [0.29, 0.717) is 38.9 Å². The lowest BCUT2D eigenvalue weighted by atomic mass is 10.2. The van der Waals surface area contributed by atoms with Crippen molar-refractivity contribution in [3.8, 4) is 17.2 Å². The number of methoxy groups -OCH3 is 2. The average molecular weight is 625 g/mol. The summed E-state index contributed by atoms with van der Waals surface area (Å²) in [5.41, 5.74) is 4.98. The molecule has 202 valence electrons. The van der Waals surface area contributed by atoms with Crippen molar-refractivity contribution in [2.75, 3.05) is 31.3 Å². The van der Waals surface area contributed by atoms with Gasteiger partial charge >= 0.3 is 0 Å². The fourth-order valence-electron chi connectivity index (χ4n) is 3.41. The molecule has 0 bridgehead atoms. The Balaban J connectivity index is 1.71. The first-order valence-corrected chi connectivity index (χ1v) is 14.2. The summed E-state index contributed by atoms with van der Waals surface area (Å²) in [7, 11) is -0.847. The summed E-state index contributed by atoms with van der Waals surface area (Å²) in [6.07, 6.45) is 2.43. The van der Waals surface area contributed by atoms with Crippen LogP contribution >= 0.6 is 27.5 Å². The van der Waals surface area contributed by atoms with Gasteiger partial charge in [-0.1, -0.05) is 29.8 Å². The smallest absolute Gasteiger partial charge is 0.260 e. The van der Waals surface area contributed by atoms with Gasteiger partial charge in [-0.15, -0.1) is 0 Å². The maximum Gasteiger partial charge on any atom is 0.260 e. The molecule has 0 aliphatic carbocycles. The van der Waals surface area contributed by atoms with Gasteiger partial charge in [0.15, 0.2) is 11.5 Å². The number of anilines is 1. The van der Waals surface area contributed by atoms with E-state index in [2.05, 4.69) is 26.5 Å². The van der Waals surface area contributed by atoms with Gasteiger partial charge in [0.25, 0.3) is 5.91 Å². The van der Waals surface area contributed by atoms with Gasteiger partial charge in [0, 0.05) is 5.02 Å². The number of sulfonamides is 1. The van der Waals surface area contributed by atoms with Crippen molar-refractivity contribution >= 4 is 55.4 Å². The fourth-order valence-corrected chi connectivity index (χ4v) is 4.96. The summed E-state index contributed by atoms with van der Waals surface area (Å²) in [5.74, 6) is 0.646. The number of nitrogens with one attached hydrogen (secondary N) is 1. The summed E-state index contributed by atoms with van der Waals surface area (Å²) >= 11 is 9.41. The Hall–Kier alpha value is -3.28. The van der Waals surface area contributed by atoms with Crippen molar-refractivity contribution in [3.05, 3.63) is 80.8 Å². The predicted octanol–water partition coefficient (Wildman–Crippen LogP) is 4.92. The number of hydrazone groups is 1. The molecular weight excluding hydrogens is 598 g/mol. The van der Waals surface area contributed by atoms with Crippen LogP contribution in [0, 0.1) is 6.92 Å². The highest BCUT2D eigenvalue weighted by atomic mass is 79.9. The highest BCUT2D eigenvalue weighted by molar-refractivity contribution is 9.10. The SMILES string of the molecule is COc1ccc(C)cc1N(CC(=O)N/N=C\c1cc(Br)c(OCc2ccc(Cl)cc2)c(OC)c1)S(C)(=O)=O. The van der Waals surface area contributed by atoms with E-state index in [0.717, 1.165) is 21.7 Å². The molecule has 0 saturated heterocycles. The number of benzene rings is 3. The molecule has 0 aliphatic rings. The van der Waals surface area contributed by atoms with E-state index in [1.807, 2.05) is 19.1 Å². The van der Waals surface area contributed by atoms with Crippen molar-refractivity contribution in [3.63, 3.8) is 0 Å². The minimum absolute atomic E-state index is 0.261. The van der Waals surface area contributed by atoms with Crippen LogP contribution < -0.4 is 23.9 Å². The number of halogens is 2. The molecule has 0 radical (unpaired) electrons. The largest absolute Gasteiger partial charge is 0.495 e. The second kappa shape index (κ2) is 13.0. The zero-order valence-corrected chi connectivity index (χ0v) is 24.4. The summed E-state index contributed by atoms with van der Waals surface area (Å²) in [5, 5.41) is 4.61. The number of rotatable bonds is 11. The van der Waals surface area contributed by atoms with Gasteiger partial charge in [-0.25, -0.2) is 13.8 Å². The summed E-state index contributed by atoms with van der Waals surface area (Å²) in [4.78, 5) is 12.6. The third kappa shape index (κ3) is 7.86. The topological polar surface area (TPSA) is 107 Å². The van der Waals surface area contributed by atoms with Crippen LogP contribution in [0.15, 0.2) is 64.2 Å². The first-order chi connectivity index (χ1) is 18.0. The molecule has 3 aromatic carbocycles. The van der Waals surface area contributed by atoms with E-state index in [9.17, 15) is 13.2 Å². The van der Waals surface area contributed by atoms with Gasteiger partial charge < -0.3 is 14.2 Å². The van der Waals surface area contributed by atoms with Crippen LogP contribution in [-0.4, -0.2) is 47.6 Å². The normalized spacial score (nSPS) is 11.3. The minimum atomic E-state index is -3.79. The van der Waals surface area contributed by atoms with Crippen LogP contribution in [0.4, 0.5) is 5.69 Å². The molecule has 38 heavy (non-hydrogen) atoms. The van der Waals surface area contributed by atoms with Gasteiger partial charge in [0.05, 0.1) is 36.9 Å². The number of carbonyl (C=O) groups is 1. The molecule has 0 aromatic heterocycles. The number of hydrogen-bond donors (Lipinski definition) is 1. The number of carbonyl (C=O) groups excluding carboxylic acids is 1. The molecule has 0 fully saturated rings. The van der Waals surface area contributed by atoms with Crippen LogP contribution in [0.2, 0.25) is 5.02 Å². The second-order valence-electron chi connectivity index (χ2n) is 8.19. The minimum Gasteiger partial charge on any atom is -0.495 e. The van der Waals surface area contributed by atoms with Gasteiger partial charge in [-0.05, 0) is 75.9 Å². The number of hydrogen-bond acceptors (Lipinski definition) is 7. The quantitative estimate of drug-likeness (QED) is 0.240. The Bertz CT molecular complexity index is 1430. The van der Waals surface area contributed by atoms with Crippen molar-refractivity contribution < 1.29 is 27.4 Å². The van der Waals surface area contributed by atoms with Gasteiger partial charge in [-0.2, -0.15) is 5.10 Å². The third-order valence-corrected chi connectivity index (χ3v) is 7.21. The highest BCUT2D eigenvalue weighted by Crippen LogP contribution is 2.37. The summed E-state index contributed by atoms with van der Waals surface area (Å²) in [6, 6.07) is 15.8. The van der Waals surface area contributed by atoms with Gasteiger partial charge in [0.2, 0.25) is 10.0 Å². The van der Waals surface area contributed by atoms with E-state index in [1.54, 1.807) is 42.5 Å². The third-order valence-electron chi connectivity index (χ3n) is 5.24. The van der Waals surface area contributed by atoms with E-state index in [1.165, 1.54) is 20.4 Å².